The van der Waals surface area contributed by atoms with Gasteiger partial charge in [0.15, 0.2) is 0 Å². The number of hydrogen-bond donors (Lipinski definition) is 1. The molecule has 1 aromatic rings. The van der Waals surface area contributed by atoms with Gasteiger partial charge >= 0.3 is 0 Å². The Labute approximate surface area is 118 Å². The number of aryl methyl sites for hydroxylation is 2. The quantitative estimate of drug-likeness (QED) is 0.690. The topological polar surface area (TPSA) is 21.3 Å². The highest BCUT2D eigenvalue weighted by Crippen LogP contribution is 2.14. The van der Waals surface area contributed by atoms with Crippen LogP contribution in [0.1, 0.15) is 44.4 Å². The summed E-state index contributed by atoms with van der Waals surface area (Å²) in [5, 5.41) is 3.36. The summed E-state index contributed by atoms with van der Waals surface area (Å²) < 4.78 is 5.70. The van der Waals surface area contributed by atoms with Crippen molar-refractivity contribution in [3.8, 4) is 0 Å². The molecular weight excluding hydrogens is 234 g/mol. The van der Waals surface area contributed by atoms with Gasteiger partial charge in [-0.1, -0.05) is 45.9 Å². The van der Waals surface area contributed by atoms with E-state index in [2.05, 4.69) is 51.2 Å². The first-order valence-electron chi connectivity index (χ1n) is 7.59. The number of ether oxygens (including phenoxy) is 1. The molecule has 2 nitrogen and oxygen atoms in total. The van der Waals surface area contributed by atoms with Crippen LogP contribution in [0.2, 0.25) is 0 Å². The Hall–Kier alpha value is -0.860. The predicted molar refractivity (Wildman–Crippen MR) is 82.9 cm³/mol. The molecule has 0 aliphatic rings. The third-order valence-electron chi connectivity index (χ3n) is 3.37. The van der Waals surface area contributed by atoms with Gasteiger partial charge in [-0.2, -0.15) is 0 Å². The average Bonchev–Trinajstić information content (AvgIpc) is 2.42. The molecule has 0 saturated heterocycles. The zero-order chi connectivity index (χ0) is 14.1. The summed E-state index contributed by atoms with van der Waals surface area (Å²) in [5.41, 5.74) is 4.34. The molecule has 19 heavy (non-hydrogen) atoms. The molecule has 1 rings (SSSR count). The average molecular weight is 263 g/mol. The van der Waals surface area contributed by atoms with Gasteiger partial charge in [0.25, 0.3) is 0 Å². The second-order valence-electron chi connectivity index (χ2n) is 5.28. The normalized spacial score (nSPS) is 11.2. The van der Waals surface area contributed by atoms with Gasteiger partial charge in [-0.05, 0) is 36.0 Å². The molecule has 0 bridgehead atoms. The van der Waals surface area contributed by atoms with E-state index in [9.17, 15) is 0 Å². The third-order valence-corrected chi connectivity index (χ3v) is 3.37. The Balaban J connectivity index is 2.35. The zero-order valence-electron chi connectivity index (χ0n) is 13.0. The zero-order valence-corrected chi connectivity index (χ0v) is 13.0. The highest BCUT2D eigenvalue weighted by Gasteiger charge is 2.02. The molecule has 0 aromatic heterocycles. The first kappa shape index (κ1) is 16.2. The summed E-state index contributed by atoms with van der Waals surface area (Å²) >= 11 is 0. The van der Waals surface area contributed by atoms with E-state index in [4.69, 9.17) is 4.74 Å². The molecule has 0 radical (unpaired) electrons. The van der Waals surface area contributed by atoms with Gasteiger partial charge < -0.3 is 10.1 Å². The van der Waals surface area contributed by atoms with Crippen molar-refractivity contribution in [1.82, 2.24) is 5.32 Å². The molecule has 0 amide bonds. The second kappa shape index (κ2) is 9.11. The summed E-state index contributed by atoms with van der Waals surface area (Å²) in [4.78, 5) is 0. The molecule has 0 heterocycles. The van der Waals surface area contributed by atoms with E-state index in [0.717, 1.165) is 39.0 Å². The fourth-order valence-electron chi connectivity index (χ4n) is 2.18. The molecule has 108 valence electrons. The predicted octanol–water partition coefficient (Wildman–Crippen LogP) is 3.37. The van der Waals surface area contributed by atoms with Gasteiger partial charge in [0.2, 0.25) is 0 Å². The van der Waals surface area contributed by atoms with Crippen molar-refractivity contribution in [3.05, 3.63) is 34.9 Å². The van der Waals surface area contributed by atoms with Crippen LogP contribution in [-0.4, -0.2) is 25.8 Å². The van der Waals surface area contributed by atoms with E-state index < -0.39 is 0 Å². The second-order valence-corrected chi connectivity index (χ2v) is 5.28. The summed E-state index contributed by atoms with van der Waals surface area (Å²) in [7, 11) is 0. The minimum atomic E-state index is 0.538. The van der Waals surface area contributed by atoms with Crippen LogP contribution in [-0.2, 0) is 24.0 Å². The SMILES string of the molecule is CCc1ccc(CC)c(CCOCCNC(C)C)c1. The fraction of sp³-hybridized carbons (Fsp3) is 0.647. The first-order chi connectivity index (χ1) is 9.17. The molecule has 0 saturated carbocycles. The minimum absolute atomic E-state index is 0.538. The molecule has 0 atom stereocenters. The molecule has 1 aromatic carbocycles. The lowest BCUT2D eigenvalue weighted by molar-refractivity contribution is 0.137. The molecule has 1 N–H and O–H groups in total. The molecular formula is C17H29NO. The van der Waals surface area contributed by atoms with Crippen molar-refractivity contribution < 1.29 is 4.74 Å². The standard InChI is InChI=1S/C17H29NO/c1-5-15-7-8-16(6-2)17(13-15)9-11-19-12-10-18-14(3)4/h7-8,13-14,18H,5-6,9-12H2,1-4H3. The van der Waals surface area contributed by atoms with E-state index in [1.54, 1.807) is 0 Å². The van der Waals surface area contributed by atoms with Crippen LogP contribution in [0.5, 0.6) is 0 Å². The Morgan fingerprint density at radius 3 is 2.47 bits per heavy atom. The van der Waals surface area contributed by atoms with Crippen molar-refractivity contribution in [1.29, 1.82) is 0 Å². The summed E-state index contributed by atoms with van der Waals surface area (Å²) in [6, 6.07) is 7.40. The number of rotatable bonds is 9. The highest BCUT2D eigenvalue weighted by molar-refractivity contribution is 5.32. The van der Waals surface area contributed by atoms with E-state index in [1.165, 1.54) is 16.7 Å². The minimum Gasteiger partial charge on any atom is -0.380 e. The van der Waals surface area contributed by atoms with Crippen molar-refractivity contribution in [2.75, 3.05) is 19.8 Å². The molecule has 0 aliphatic carbocycles. The summed E-state index contributed by atoms with van der Waals surface area (Å²) in [5.74, 6) is 0. The van der Waals surface area contributed by atoms with Crippen molar-refractivity contribution in [2.24, 2.45) is 0 Å². The Morgan fingerprint density at radius 1 is 1.05 bits per heavy atom. The third kappa shape index (κ3) is 6.22. The van der Waals surface area contributed by atoms with Crippen LogP contribution < -0.4 is 5.32 Å². The smallest absolute Gasteiger partial charge is 0.0591 e. The number of benzene rings is 1. The maximum absolute atomic E-state index is 5.70. The van der Waals surface area contributed by atoms with Crippen LogP contribution >= 0.6 is 0 Å². The Morgan fingerprint density at radius 2 is 1.84 bits per heavy atom. The lowest BCUT2D eigenvalue weighted by Gasteiger charge is -2.11. The van der Waals surface area contributed by atoms with Crippen LogP contribution in [0.3, 0.4) is 0 Å². The van der Waals surface area contributed by atoms with Crippen molar-refractivity contribution in [3.63, 3.8) is 0 Å². The van der Waals surface area contributed by atoms with E-state index >= 15 is 0 Å². The number of nitrogens with one attached hydrogen (secondary N) is 1. The van der Waals surface area contributed by atoms with E-state index in [1.807, 2.05) is 0 Å². The van der Waals surface area contributed by atoms with Crippen LogP contribution in [0.4, 0.5) is 0 Å². The highest BCUT2D eigenvalue weighted by atomic mass is 16.5. The fourth-order valence-corrected chi connectivity index (χ4v) is 2.18. The van der Waals surface area contributed by atoms with Crippen LogP contribution in [0, 0.1) is 0 Å². The van der Waals surface area contributed by atoms with Gasteiger partial charge in [-0.25, -0.2) is 0 Å². The lowest BCUT2D eigenvalue weighted by atomic mass is 9.99. The molecule has 2 heteroatoms. The summed E-state index contributed by atoms with van der Waals surface area (Å²) in [6.45, 7) is 11.3. The summed E-state index contributed by atoms with van der Waals surface area (Å²) in [6.07, 6.45) is 3.24. The lowest BCUT2D eigenvalue weighted by Crippen LogP contribution is -2.26. The van der Waals surface area contributed by atoms with Gasteiger partial charge in [0, 0.05) is 12.6 Å². The first-order valence-corrected chi connectivity index (χ1v) is 7.59. The molecule has 0 aliphatic heterocycles. The van der Waals surface area contributed by atoms with Crippen LogP contribution in [0.15, 0.2) is 18.2 Å². The Kier molecular flexibility index (Phi) is 7.76. The van der Waals surface area contributed by atoms with Gasteiger partial charge in [0.1, 0.15) is 0 Å². The monoisotopic (exact) mass is 263 g/mol. The number of hydrogen-bond acceptors (Lipinski definition) is 2. The molecule has 0 spiro atoms. The van der Waals surface area contributed by atoms with Gasteiger partial charge in [-0.3, -0.25) is 0 Å². The maximum atomic E-state index is 5.70. The maximum Gasteiger partial charge on any atom is 0.0591 e. The van der Waals surface area contributed by atoms with E-state index in [-0.39, 0.29) is 0 Å². The van der Waals surface area contributed by atoms with Gasteiger partial charge in [-0.15, -0.1) is 0 Å². The van der Waals surface area contributed by atoms with Gasteiger partial charge in [0.05, 0.1) is 13.2 Å². The Bertz CT molecular complexity index is 360. The molecule has 0 unspecified atom stereocenters. The van der Waals surface area contributed by atoms with E-state index in [0.29, 0.717) is 6.04 Å². The van der Waals surface area contributed by atoms with Crippen LogP contribution in [0.25, 0.3) is 0 Å². The largest absolute Gasteiger partial charge is 0.380 e. The molecule has 0 fully saturated rings. The van der Waals surface area contributed by atoms with Crippen molar-refractivity contribution in [2.45, 2.75) is 53.0 Å². The van der Waals surface area contributed by atoms with Crippen molar-refractivity contribution >= 4 is 0 Å².